The van der Waals surface area contributed by atoms with Gasteiger partial charge in [-0.25, -0.2) is 0 Å². The second kappa shape index (κ2) is 7.91. The SMILES string of the molecule is CC(C)(C)O[C@H](c1ccccc1)[C@@H](/C=C/CO)OC(C)(C)C. The molecule has 3 nitrogen and oxygen atoms in total. The number of aliphatic hydroxyl groups is 1. The van der Waals surface area contributed by atoms with Crippen LogP contribution in [0.1, 0.15) is 53.2 Å². The van der Waals surface area contributed by atoms with Crippen molar-refractivity contribution in [2.75, 3.05) is 6.61 Å². The van der Waals surface area contributed by atoms with Gasteiger partial charge < -0.3 is 14.6 Å². The van der Waals surface area contributed by atoms with Gasteiger partial charge in [0.2, 0.25) is 0 Å². The Kier molecular flexibility index (Phi) is 6.79. The quantitative estimate of drug-likeness (QED) is 0.797. The Morgan fingerprint density at radius 2 is 1.50 bits per heavy atom. The maximum absolute atomic E-state index is 9.12. The third-order valence-corrected chi connectivity index (χ3v) is 2.83. The summed E-state index contributed by atoms with van der Waals surface area (Å²) in [5, 5.41) is 9.12. The van der Waals surface area contributed by atoms with E-state index in [-0.39, 0.29) is 30.0 Å². The van der Waals surface area contributed by atoms with Gasteiger partial charge in [-0.1, -0.05) is 42.5 Å². The Morgan fingerprint density at radius 3 is 1.95 bits per heavy atom. The summed E-state index contributed by atoms with van der Waals surface area (Å²) in [6.45, 7) is 12.2. The molecule has 1 aromatic carbocycles. The first kappa shape index (κ1) is 18.9. The van der Waals surface area contributed by atoms with Crippen LogP contribution in [0.4, 0.5) is 0 Å². The highest BCUT2D eigenvalue weighted by molar-refractivity contribution is 5.21. The Hall–Kier alpha value is -1.16. The van der Waals surface area contributed by atoms with Gasteiger partial charge in [0.15, 0.2) is 0 Å². The van der Waals surface area contributed by atoms with E-state index in [1.807, 2.05) is 78.0 Å². The molecule has 0 radical (unpaired) electrons. The maximum Gasteiger partial charge on any atom is 0.113 e. The monoisotopic (exact) mass is 306 g/mol. The molecule has 124 valence electrons. The number of hydrogen-bond acceptors (Lipinski definition) is 3. The van der Waals surface area contributed by atoms with Gasteiger partial charge in [0.25, 0.3) is 0 Å². The Labute approximate surface area is 135 Å². The van der Waals surface area contributed by atoms with Gasteiger partial charge >= 0.3 is 0 Å². The van der Waals surface area contributed by atoms with Crippen LogP contribution < -0.4 is 0 Å². The van der Waals surface area contributed by atoms with Crippen LogP contribution in [0.3, 0.4) is 0 Å². The highest BCUT2D eigenvalue weighted by atomic mass is 16.6. The van der Waals surface area contributed by atoms with Gasteiger partial charge in [-0.2, -0.15) is 0 Å². The van der Waals surface area contributed by atoms with Crippen molar-refractivity contribution in [3.05, 3.63) is 48.0 Å². The Bertz CT molecular complexity index is 452. The number of hydrogen-bond donors (Lipinski definition) is 1. The minimum absolute atomic E-state index is 0.0129. The number of aliphatic hydroxyl groups excluding tert-OH is 1. The van der Waals surface area contributed by atoms with Crippen LogP contribution in [0, 0.1) is 0 Å². The Morgan fingerprint density at radius 1 is 0.955 bits per heavy atom. The standard InChI is InChI=1S/C19H30O3/c1-18(2,3)21-16(13-10-14-20)17(22-19(4,5)6)15-11-8-7-9-12-15/h7-13,16-17,20H,14H2,1-6H3/b13-10+/t16-,17-/m1/s1. The normalized spacial score (nSPS) is 16.0. The third kappa shape index (κ3) is 7.21. The minimum atomic E-state index is -0.307. The van der Waals surface area contributed by atoms with Gasteiger partial charge in [0.05, 0.1) is 17.8 Å². The number of ether oxygens (including phenoxy) is 2. The molecule has 2 atom stereocenters. The van der Waals surface area contributed by atoms with E-state index in [4.69, 9.17) is 14.6 Å². The van der Waals surface area contributed by atoms with E-state index in [0.717, 1.165) is 5.56 Å². The zero-order valence-corrected chi connectivity index (χ0v) is 14.7. The van der Waals surface area contributed by atoms with Gasteiger partial charge in [-0.15, -0.1) is 0 Å². The van der Waals surface area contributed by atoms with Crippen LogP contribution in [0.25, 0.3) is 0 Å². The zero-order valence-electron chi connectivity index (χ0n) is 14.7. The highest BCUT2D eigenvalue weighted by Gasteiger charge is 2.30. The van der Waals surface area contributed by atoms with Gasteiger partial charge in [0.1, 0.15) is 12.2 Å². The summed E-state index contributed by atoms with van der Waals surface area (Å²) < 4.78 is 12.5. The highest BCUT2D eigenvalue weighted by Crippen LogP contribution is 2.31. The first-order valence-electron chi connectivity index (χ1n) is 7.80. The molecule has 0 aliphatic heterocycles. The fourth-order valence-electron chi connectivity index (χ4n) is 2.15. The molecule has 0 bridgehead atoms. The van der Waals surface area contributed by atoms with E-state index in [1.165, 1.54) is 0 Å². The molecule has 1 rings (SSSR count). The molecule has 0 saturated carbocycles. The predicted molar refractivity (Wildman–Crippen MR) is 90.9 cm³/mol. The van der Waals surface area contributed by atoms with Crippen LogP contribution >= 0.6 is 0 Å². The number of benzene rings is 1. The lowest BCUT2D eigenvalue weighted by Gasteiger charge is -2.35. The maximum atomic E-state index is 9.12. The summed E-state index contributed by atoms with van der Waals surface area (Å²) in [7, 11) is 0. The van der Waals surface area contributed by atoms with Crippen molar-refractivity contribution in [2.45, 2.75) is 65.0 Å². The molecule has 0 saturated heterocycles. The van der Waals surface area contributed by atoms with Crippen molar-refractivity contribution in [1.29, 1.82) is 0 Å². The fourth-order valence-corrected chi connectivity index (χ4v) is 2.15. The largest absolute Gasteiger partial charge is 0.392 e. The third-order valence-electron chi connectivity index (χ3n) is 2.83. The van der Waals surface area contributed by atoms with Gasteiger partial charge in [-0.05, 0) is 47.1 Å². The summed E-state index contributed by atoms with van der Waals surface area (Å²) in [4.78, 5) is 0. The van der Waals surface area contributed by atoms with Crippen LogP contribution in [0.5, 0.6) is 0 Å². The predicted octanol–water partition coefficient (Wildman–Crippen LogP) is 4.28. The molecule has 1 N–H and O–H groups in total. The molecule has 0 heterocycles. The first-order valence-corrected chi connectivity index (χ1v) is 7.80. The second-order valence-electron chi connectivity index (χ2n) is 7.37. The molecule has 0 aromatic heterocycles. The van der Waals surface area contributed by atoms with Crippen LogP contribution in [-0.4, -0.2) is 29.0 Å². The lowest BCUT2D eigenvalue weighted by atomic mass is 10.0. The molecule has 0 spiro atoms. The van der Waals surface area contributed by atoms with Crippen LogP contribution in [0.2, 0.25) is 0 Å². The molecule has 0 aliphatic rings. The molecule has 0 fully saturated rings. The van der Waals surface area contributed by atoms with E-state index < -0.39 is 0 Å². The van der Waals surface area contributed by atoms with E-state index in [2.05, 4.69) is 0 Å². The number of rotatable bonds is 6. The van der Waals surface area contributed by atoms with Crippen molar-refractivity contribution in [3.63, 3.8) is 0 Å². The average Bonchev–Trinajstić information content (AvgIpc) is 2.40. The summed E-state index contributed by atoms with van der Waals surface area (Å²) >= 11 is 0. The van der Waals surface area contributed by atoms with E-state index in [1.54, 1.807) is 6.08 Å². The summed E-state index contributed by atoms with van der Waals surface area (Å²) in [6.07, 6.45) is 3.09. The van der Waals surface area contributed by atoms with Crippen LogP contribution in [-0.2, 0) is 9.47 Å². The van der Waals surface area contributed by atoms with E-state index in [9.17, 15) is 0 Å². The molecule has 0 amide bonds. The zero-order chi connectivity index (χ0) is 16.8. The van der Waals surface area contributed by atoms with Crippen molar-refractivity contribution in [1.82, 2.24) is 0 Å². The second-order valence-corrected chi connectivity index (χ2v) is 7.37. The molecular formula is C19H30O3. The Balaban J connectivity index is 3.15. The molecule has 3 heteroatoms. The van der Waals surface area contributed by atoms with Crippen molar-refractivity contribution < 1.29 is 14.6 Å². The fraction of sp³-hybridized carbons (Fsp3) is 0.579. The van der Waals surface area contributed by atoms with Crippen molar-refractivity contribution in [2.24, 2.45) is 0 Å². The topological polar surface area (TPSA) is 38.7 Å². The summed E-state index contributed by atoms with van der Waals surface area (Å²) in [5.41, 5.74) is 0.459. The summed E-state index contributed by atoms with van der Waals surface area (Å²) in [5.74, 6) is 0. The summed E-state index contributed by atoms with van der Waals surface area (Å²) in [6, 6.07) is 10.1. The molecule has 22 heavy (non-hydrogen) atoms. The van der Waals surface area contributed by atoms with Crippen LogP contribution in [0.15, 0.2) is 42.5 Å². The van der Waals surface area contributed by atoms with E-state index >= 15 is 0 Å². The van der Waals surface area contributed by atoms with Crippen molar-refractivity contribution >= 4 is 0 Å². The van der Waals surface area contributed by atoms with Gasteiger partial charge in [0, 0.05) is 0 Å². The molecule has 0 aliphatic carbocycles. The average molecular weight is 306 g/mol. The lowest BCUT2D eigenvalue weighted by molar-refractivity contribution is -0.149. The molecular weight excluding hydrogens is 276 g/mol. The first-order chi connectivity index (χ1) is 10.1. The lowest BCUT2D eigenvalue weighted by Crippen LogP contribution is -2.35. The smallest absolute Gasteiger partial charge is 0.113 e. The minimum Gasteiger partial charge on any atom is -0.392 e. The molecule has 0 unspecified atom stereocenters. The van der Waals surface area contributed by atoms with Crippen molar-refractivity contribution in [3.8, 4) is 0 Å². The molecule has 1 aromatic rings. The van der Waals surface area contributed by atoms with Gasteiger partial charge in [-0.3, -0.25) is 0 Å². The van der Waals surface area contributed by atoms with E-state index in [0.29, 0.717) is 0 Å².